The molecule has 0 saturated carbocycles. The number of nitrogens with one attached hydrogen (secondary N) is 1. The van der Waals surface area contributed by atoms with Gasteiger partial charge in [-0.3, -0.25) is 15.0 Å². The molecule has 1 fully saturated rings. The molecule has 7 heteroatoms. The highest BCUT2D eigenvalue weighted by Gasteiger charge is 2.26. The molecule has 0 bridgehead atoms. The van der Waals surface area contributed by atoms with Crippen LogP contribution < -0.4 is 10.2 Å². The summed E-state index contributed by atoms with van der Waals surface area (Å²) in [5, 5.41) is 1.80. The number of likely N-dealkylation sites (N-methyl/N-ethyl adjacent to an activating group) is 1. The maximum atomic E-state index is 15.6. The quantitative estimate of drug-likeness (QED) is 0.600. The highest BCUT2D eigenvalue weighted by Crippen LogP contribution is 2.32. The molecule has 164 valence electrons. The fourth-order valence-electron chi connectivity index (χ4n) is 3.48. The van der Waals surface area contributed by atoms with E-state index in [1.165, 1.54) is 12.1 Å². The number of carbonyl (C=O) groups is 2. The van der Waals surface area contributed by atoms with Gasteiger partial charge in [0.1, 0.15) is 5.75 Å². The van der Waals surface area contributed by atoms with Crippen molar-refractivity contribution in [3.05, 3.63) is 95.3 Å². The predicted octanol–water partition coefficient (Wildman–Crippen LogP) is 3.74. The van der Waals surface area contributed by atoms with Crippen molar-refractivity contribution in [2.75, 3.05) is 33.2 Å². The van der Waals surface area contributed by atoms with E-state index in [0.29, 0.717) is 24.4 Å². The van der Waals surface area contributed by atoms with Crippen molar-refractivity contribution in [2.24, 2.45) is 0 Å². The summed E-state index contributed by atoms with van der Waals surface area (Å²) in [5.41, 5.74) is 3.05. The molecule has 1 N–H and O–H groups in total. The summed E-state index contributed by atoms with van der Waals surface area (Å²) < 4.78 is 21.4. The normalized spacial score (nSPS) is 14.7. The molecule has 1 heterocycles. The van der Waals surface area contributed by atoms with E-state index in [1.807, 2.05) is 7.05 Å². The fourth-order valence-corrected chi connectivity index (χ4v) is 3.48. The minimum Gasteiger partial charge on any atom is -0.453 e. The van der Waals surface area contributed by atoms with Crippen LogP contribution in [-0.2, 0) is 0 Å². The number of hydrogen-bond acceptors (Lipinski definition) is 5. The summed E-state index contributed by atoms with van der Waals surface area (Å²) in [4.78, 5) is 28.1. The van der Waals surface area contributed by atoms with Gasteiger partial charge < -0.3 is 9.64 Å². The van der Waals surface area contributed by atoms with Crippen LogP contribution in [0.2, 0.25) is 0 Å². The van der Waals surface area contributed by atoms with Gasteiger partial charge in [-0.2, -0.15) is 0 Å². The van der Waals surface area contributed by atoms with Gasteiger partial charge in [-0.15, -0.1) is 0 Å². The Morgan fingerprint density at radius 3 is 2.09 bits per heavy atom. The average Bonchev–Trinajstić information content (AvgIpc) is 2.82. The van der Waals surface area contributed by atoms with Crippen molar-refractivity contribution in [2.45, 2.75) is 0 Å². The number of ketones is 1. The van der Waals surface area contributed by atoms with Crippen LogP contribution in [0.4, 0.5) is 4.39 Å². The number of hydrazine groups is 1. The highest BCUT2D eigenvalue weighted by molar-refractivity contribution is 6.10. The lowest BCUT2D eigenvalue weighted by Crippen LogP contribution is -2.52. The number of nitrogens with zero attached hydrogens (tertiary/aromatic N) is 2. The lowest BCUT2D eigenvalue weighted by molar-refractivity contribution is 0.0659. The molecule has 0 atom stereocenters. The maximum Gasteiger partial charge on any atom is 0.269 e. The molecule has 3 aromatic rings. The Bertz CT molecular complexity index is 1100. The molecule has 32 heavy (non-hydrogen) atoms. The number of halogens is 1. The molecule has 3 aromatic carbocycles. The van der Waals surface area contributed by atoms with Gasteiger partial charge in [0.05, 0.1) is 11.1 Å². The highest BCUT2D eigenvalue weighted by atomic mass is 19.1. The van der Waals surface area contributed by atoms with Crippen LogP contribution in [0.5, 0.6) is 11.5 Å². The van der Waals surface area contributed by atoms with Crippen molar-refractivity contribution >= 4 is 11.7 Å². The Balaban J connectivity index is 1.68. The summed E-state index contributed by atoms with van der Waals surface area (Å²) in [7, 11) is 2.02. The van der Waals surface area contributed by atoms with Crippen LogP contribution in [0.3, 0.4) is 0 Å². The van der Waals surface area contributed by atoms with Gasteiger partial charge in [0.2, 0.25) is 0 Å². The first-order chi connectivity index (χ1) is 15.5. The summed E-state index contributed by atoms with van der Waals surface area (Å²) in [5.74, 6) is -1.74. The smallest absolute Gasteiger partial charge is 0.269 e. The first-order valence-corrected chi connectivity index (χ1v) is 10.4. The van der Waals surface area contributed by atoms with E-state index >= 15 is 4.39 Å². The van der Waals surface area contributed by atoms with Gasteiger partial charge in [-0.25, -0.2) is 9.40 Å². The molecule has 1 amide bonds. The first-order valence-electron chi connectivity index (χ1n) is 10.4. The molecule has 0 unspecified atom stereocenters. The van der Waals surface area contributed by atoms with Gasteiger partial charge in [0, 0.05) is 31.7 Å². The standard InChI is InChI=1S/C25H24FN3O3/c1-28-14-16-29(17-15-28)27-25(31)21-13-12-20(23(30)18-8-4-2-5-9-18)22(26)24(21)32-19-10-6-3-7-11-19/h2-13H,14-17H2,1H3,(H,27,31). The zero-order valence-electron chi connectivity index (χ0n) is 17.8. The molecule has 0 aliphatic carbocycles. The number of para-hydroxylation sites is 1. The number of carbonyl (C=O) groups excluding carboxylic acids is 2. The number of ether oxygens (including phenoxy) is 1. The van der Waals surface area contributed by atoms with Gasteiger partial charge in [-0.05, 0) is 31.3 Å². The van der Waals surface area contributed by atoms with E-state index in [4.69, 9.17) is 4.74 Å². The van der Waals surface area contributed by atoms with E-state index < -0.39 is 17.5 Å². The van der Waals surface area contributed by atoms with Crippen molar-refractivity contribution in [1.82, 2.24) is 15.3 Å². The fraction of sp³-hybridized carbons (Fsp3) is 0.200. The first kappa shape index (κ1) is 21.7. The van der Waals surface area contributed by atoms with Crippen molar-refractivity contribution < 1.29 is 18.7 Å². The number of amides is 1. The molecule has 1 aliphatic rings. The van der Waals surface area contributed by atoms with E-state index in [2.05, 4.69) is 10.3 Å². The number of piperazine rings is 1. The van der Waals surface area contributed by atoms with Crippen molar-refractivity contribution in [3.8, 4) is 11.5 Å². The van der Waals surface area contributed by atoms with E-state index in [1.54, 1.807) is 65.7 Å². The van der Waals surface area contributed by atoms with Crippen LogP contribution in [0, 0.1) is 5.82 Å². The third kappa shape index (κ3) is 4.85. The lowest BCUT2D eigenvalue weighted by atomic mass is 10.00. The monoisotopic (exact) mass is 433 g/mol. The molecular formula is C25H24FN3O3. The summed E-state index contributed by atoms with van der Waals surface area (Å²) in [6.07, 6.45) is 0. The van der Waals surface area contributed by atoms with Crippen LogP contribution in [-0.4, -0.2) is 54.8 Å². The topological polar surface area (TPSA) is 61.9 Å². The second kappa shape index (κ2) is 9.72. The Hall–Kier alpha value is -3.55. The largest absolute Gasteiger partial charge is 0.453 e. The van der Waals surface area contributed by atoms with E-state index in [9.17, 15) is 9.59 Å². The zero-order chi connectivity index (χ0) is 22.5. The molecule has 0 aromatic heterocycles. The Morgan fingerprint density at radius 1 is 0.844 bits per heavy atom. The molecule has 1 saturated heterocycles. The maximum absolute atomic E-state index is 15.6. The SMILES string of the molecule is CN1CCN(NC(=O)c2ccc(C(=O)c3ccccc3)c(F)c2Oc2ccccc2)CC1. The molecule has 0 radical (unpaired) electrons. The Labute approximate surface area is 186 Å². The van der Waals surface area contributed by atoms with Crippen LogP contribution in [0.25, 0.3) is 0 Å². The van der Waals surface area contributed by atoms with Crippen LogP contribution in [0.15, 0.2) is 72.8 Å². The number of benzene rings is 3. The van der Waals surface area contributed by atoms with Gasteiger partial charge >= 0.3 is 0 Å². The average molecular weight is 433 g/mol. The third-order valence-electron chi connectivity index (χ3n) is 5.35. The second-order valence-electron chi connectivity index (χ2n) is 7.65. The zero-order valence-corrected chi connectivity index (χ0v) is 17.8. The molecule has 1 aliphatic heterocycles. The Kier molecular flexibility index (Phi) is 6.58. The van der Waals surface area contributed by atoms with Crippen LogP contribution >= 0.6 is 0 Å². The Morgan fingerprint density at radius 2 is 1.44 bits per heavy atom. The minimum absolute atomic E-state index is 0.0230. The third-order valence-corrected chi connectivity index (χ3v) is 5.35. The molecule has 4 rings (SSSR count). The summed E-state index contributed by atoms with van der Waals surface area (Å²) in [6, 6.07) is 19.8. The molecule has 6 nitrogen and oxygen atoms in total. The molecular weight excluding hydrogens is 409 g/mol. The van der Waals surface area contributed by atoms with Crippen molar-refractivity contribution in [3.63, 3.8) is 0 Å². The lowest BCUT2D eigenvalue weighted by Gasteiger charge is -2.32. The van der Waals surface area contributed by atoms with Gasteiger partial charge in [-0.1, -0.05) is 48.5 Å². The predicted molar refractivity (Wildman–Crippen MR) is 119 cm³/mol. The van der Waals surface area contributed by atoms with Gasteiger partial charge in [0.25, 0.3) is 5.91 Å². The number of hydrogen-bond donors (Lipinski definition) is 1. The van der Waals surface area contributed by atoms with E-state index in [0.717, 1.165) is 13.1 Å². The second-order valence-corrected chi connectivity index (χ2v) is 7.65. The van der Waals surface area contributed by atoms with Crippen LogP contribution in [0.1, 0.15) is 26.3 Å². The van der Waals surface area contributed by atoms with E-state index in [-0.39, 0.29) is 16.9 Å². The summed E-state index contributed by atoms with van der Waals surface area (Å²) >= 11 is 0. The molecule has 0 spiro atoms. The minimum atomic E-state index is -0.867. The number of rotatable bonds is 6. The van der Waals surface area contributed by atoms with Gasteiger partial charge in [0.15, 0.2) is 17.3 Å². The summed E-state index contributed by atoms with van der Waals surface area (Å²) in [6.45, 7) is 2.94. The van der Waals surface area contributed by atoms with Crippen molar-refractivity contribution in [1.29, 1.82) is 0 Å².